The maximum Gasteiger partial charge on any atom is 0.359 e. The summed E-state index contributed by atoms with van der Waals surface area (Å²) in [4.78, 5) is 21.1. The van der Waals surface area contributed by atoms with Gasteiger partial charge in [0, 0.05) is 18.4 Å². The minimum Gasteiger partial charge on any atom is -0.477 e. The highest BCUT2D eigenvalue weighted by Gasteiger charge is 2.16. The Bertz CT molecular complexity index is 593. The minimum absolute atomic E-state index is 0.181. The molecule has 0 spiro atoms. The number of aliphatic carboxylic acids is 1. The smallest absolute Gasteiger partial charge is 0.359 e. The average molecular weight is 413 g/mol. The van der Waals surface area contributed by atoms with Crippen LogP contribution in [0.1, 0.15) is 19.8 Å². The summed E-state index contributed by atoms with van der Waals surface area (Å²) in [5, 5.41) is 8.23. The molecule has 2 N–H and O–H groups in total. The second-order valence-corrected chi connectivity index (χ2v) is 9.71. The zero-order valence-corrected chi connectivity index (χ0v) is 18.2. The molecule has 0 aliphatic carbocycles. The number of nitrogens with zero attached hydrogens (tertiary/aromatic N) is 2. The number of quaternary nitrogens is 2. The van der Waals surface area contributed by atoms with Gasteiger partial charge < -0.3 is 18.8 Å². The first-order valence-corrected chi connectivity index (χ1v) is 10.2. The third-order valence-corrected chi connectivity index (χ3v) is 4.07. The van der Waals surface area contributed by atoms with Crippen LogP contribution < -0.4 is 0 Å². The fraction of sp³-hybridized carbons (Fsp3) is 0.765. The molecule has 0 saturated carbocycles. The Kier molecular flexibility index (Phi) is 12.4. The summed E-state index contributed by atoms with van der Waals surface area (Å²) >= 11 is 0. The molecule has 0 aliphatic rings. The molecule has 0 fully saturated rings. The molecule has 0 bridgehead atoms. The summed E-state index contributed by atoms with van der Waals surface area (Å²) in [5.74, 6) is -1.37. The van der Waals surface area contributed by atoms with Crippen LogP contribution in [0.15, 0.2) is 12.2 Å². The van der Waals surface area contributed by atoms with E-state index in [1.165, 1.54) is 0 Å². The van der Waals surface area contributed by atoms with E-state index in [1.807, 2.05) is 35.2 Å². The Labute approximate surface area is 163 Å². The number of carbonyl (C=O) groups is 2. The number of carboxylic acids is 1. The van der Waals surface area contributed by atoms with E-state index >= 15 is 0 Å². The van der Waals surface area contributed by atoms with E-state index in [2.05, 4.69) is 6.58 Å². The summed E-state index contributed by atoms with van der Waals surface area (Å²) in [5.41, 5.74) is 0.377. The molecule has 0 aliphatic heterocycles. The van der Waals surface area contributed by atoms with Gasteiger partial charge in [0.05, 0.1) is 60.7 Å². The number of carboxylic acid groups (broad SMARTS) is 1. The number of hydrogen-bond acceptors (Lipinski definition) is 5. The van der Waals surface area contributed by atoms with Gasteiger partial charge in [0.1, 0.15) is 0 Å². The number of likely N-dealkylation sites (N-methyl/N-ethyl adjacent to an activating group) is 1. The van der Waals surface area contributed by atoms with Crippen molar-refractivity contribution in [3.8, 4) is 0 Å². The van der Waals surface area contributed by atoms with Crippen molar-refractivity contribution < 1.29 is 41.4 Å². The SMILES string of the molecule is C=C(C)C(=O)OCCC[N+](C)(C)CCCS(=O)(=O)O.C[N+](C)(C)CC(=O)O. The molecule has 0 aromatic rings. The lowest BCUT2D eigenvalue weighted by Gasteiger charge is -2.29. The molecular weight excluding hydrogens is 376 g/mol. The van der Waals surface area contributed by atoms with Crippen LogP contribution in [0, 0.1) is 0 Å². The topological polar surface area (TPSA) is 118 Å². The Hall–Kier alpha value is -1.49. The zero-order valence-electron chi connectivity index (χ0n) is 17.4. The molecule has 0 heterocycles. The van der Waals surface area contributed by atoms with Crippen LogP contribution in [-0.4, -0.2) is 106 Å². The normalized spacial score (nSPS) is 12.0. The summed E-state index contributed by atoms with van der Waals surface area (Å²) in [6.45, 7) is 6.98. The van der Waals surface area contributed by atoms with Crippen molar-refractivity contribution in [2.45, 2.75) is 19.8 Å². The van der Waals surface area contributed by atoms with Gasteiger partial charge in [-0.25, -0.2) is 9.59 Å². The lowest BCUT2D eigenvalue weighted by molar-refractivity contribution is -0.890. The standard InChI is InChI=1S/C12H23NO5S.C5H11NO2/c1-11(2)12(14)18-9-5-7-13(3,4)8-6-10-19(15,16)17;1-6(2,3)4-5(7)8/h1,5-10H2,2-4H3;4H2,1-3H3/p+2. The summed E-state index contributed by atoms with van der Waals surface area (Å²) in [6, 6.07) is 0. The molecule has 0 unspecified atom stereocenters. The molecule has 0 amide bonds. The van der Waals surface area contributed by atoms with Gasteiger partial charge in [0.25, 0.3) is 10.1 Å². The maximum atomic E-state index is 11.1. The highest BCUT2D eigenvalue weighted by Crippen LogP contribution is 2.04. The fourth-order valence-corrected chi connectivity index (χ4v) is 2.47. The Balaban J connectivity index is 0. The van der Waals surface area contributed by atoms with Crippen LogP contribution in [0.2, 0.25) is 0 Å². The molecule has 0 saturated heterocycles. The quantitative estimate of drug-likeness (QED) is 0.168. The first kappa shape index (κ1) is 27.7. The van der Waals surface area contributed by atoms with Gasteiger partial charge in [-0.05, 0) is 6.92 Å². The van der Waals surface area contributed by atoms with Crippen molar-refractivity contribution in [3.63, 3.8) is 0 Å². The van der Waals surface area contributed by atoms with Crippen LogP contribution in [0.25, 0.3) is 0 Å². The Morgan fingerprint density at radius 2 is 1.52 bits per heavy atom. The minimum atomic E-state index is -3.88. The van der Waals surface area contributed by atoms with Crippen LogP contribution >= 0.6 is 0 Å². The van der Waals surface area contributed by atoms with Crippen LogP contribution in [0.5, 0.6) is 0 Å². The first-order chi connectivity index (χ1) is 12.0. The molecule has 27 heavy (non-hydrogen) atoms. The van der Waals surface area contributed by atoms with Gasteiger partial charge >= 0.3 is 11.9 Å². The maximum absolute atomic E-state index is 11.1. The molecule has 0 atom stereocenters. The van der Waals surface area contributed by atoms with Crippen molar-refractivity contribution in [1.82, 2.24) is 0 Å². The highest BCUT2D eigenvalue weighted by molar-refractivity contribution is 7.85. The molecule has 160 valence electrons. The molecule has 0 rings (SSSR count). The number of carbonyl (C=O) groups excluding carboxylic acids is 1. The van der Waals surface area contributed by atoms with Crippen molar-refractivity contribution in [1.29, 1.82) is 0 Å². The predicted molar refractivity (Wildman–Crippen MR) is 104 cm³/mol. The first-order valence-electron chi connectivity index (χ1n) is 8.57. The van der Waals surface area contributed by atoms with E-state index in [-0.39, 0.29) is 12.3 Å². The lowest BCUT2D eigenvalue weighted by atomic mass is 10.3. The molecule has 0 aromatic heterocycles. The fourth-order valence-electron chi connectivity index (χ4n) is 1.97. The molecule has 9 nitrogen and oxygen atoms in total. The van der Waals surface area contributed by atoms with E-state index in [0.717, 1.165) is 6.54 Å². The molecule has 0 radical (unpaired) electrons. The van der Waals surface area contributed by atoms with Crippen molar-refractivity contribution in [2.24, 2.45) is 0 Å². The van der Waals surface area contributed by atoms with E-state index in [9.17, 15) is 18.0 Å². The van der Waals surface area contributed by atoms with E-state index < -0.39 is 22.1 Å². The van der Waals surface area contributed by atoms with Crippen LogP contribution in [-0.2, 0) is 24.4 Å². The van der Waals surface area contributed by atoms with Gasteiger partial charge in [-0.2, -0.15) is 8.42 Å². The van der Waals surface area contributed by atoms with Gasteiger partial charge in [-0.15, -0.1) is 0 Å². The van der Waals surface area contributed by atoms with Crippen molar-refractivity contribution >= 4 is 22.1 Å². The summed E-state index contributed by atoms with van der Waals surface area (Å²) in [6.07, 6.45) is 1.09. The summed E-state index contributed by atoms with van der Waals surface area (Å²) in [7, 11) is 5.57. The predicted octanol–water partition coefficient (Wildman–Crippen LogP) is 0.627. The Morgan fingerprint density at radius 3 is 1.85 bits per heavy atom. The van der Waals surface area contributed by atoms with Gasteiger partial charge in [0.2, 0.25) is 0 Å². The number of esters is 1. The average Bonchev–Trinajstić information content (AvgIpc) is 2.39. The van der Waals surface area contributed by atoms with Crippen LogP contribution in [0.3, 0.4) is 0 Å². The van der Waals surface area contributed by atoms with E-state index in [4.69, 9.17) is 14.4 Å². The van der Waals surface area contributed by atoms with Crippen molar-refractivity contribution in [3.05, 3.63) is 12.2 Å². The van der Waals surface area contributed by atoms with E-state index in [0.29, 0.717) is 40.5 Å². The second kappa shape index (κ2) is 12.1. The largest absolute Gasteiger partial charge is 0.477 e. The molecule has 10 heteroatoms. The lowest BCUT2D eigenvalue weighted by Crippen LogP contribution is -2.42. The Morgan fingerprint density at radius 1 is 1.04 bits per heavy atom. The third kappa shape index (κ3) is 22.5. The molecular formula is C17H36N2O7S+2. The number of hydrogen-bond donors (Lipinski definition) is 2. The highest BCUT2D eigenvalue weighted by atomic mass is 32.2. The number of ether oxygens (including phenoxy) is 1. The monoisotopic (exact) mass is 412 g/mol. The van der Waals surface area contributed by atoms with Gasteiger partial charge in [-0.3, -0.25) is 4.55 Å². The number of rotatable bonds is 11. The van der Waals surface area contributed by atoms with Gasteiger partial charge in [0.15, 0.2) is 6.54 Å². The van der Waals surface area contributed by atoms with Crippen molar-refractivity contribution in [2.75, 3.05) is 67.2 Å². The van der Waals surface area contributed by atoms with Crippen LogP contribution in [0.4, 0.5) is 0 Å². The summed E-state index contributed by atoms with van der Waals surface area (Å²) < 4.78 is 35.9. The second-order valence-electron chi connectivity index (χ2n) is 8.13. The van der Waals surface area contributed by atoms with Gasteiger partial charge in [-0.1, -0.05) is 6.58 Å². The third-order valence-electron chi connectivity index (χ3n) is 3.26. The molecule has 0 aromatic carbocycles. The zero-order chi connectivity index (χ0) is 21.9. The van der Waals surface area contributed by atoms with E-state index in [1.54, 1.807) is 6.92 Å².